The first-order valence-corrected chi connectivity index (χ1v) is 7.35. The Morgan fingerprint density at radius 2 is 2.00 bits per heavy atom. The second-order valence-corrected chi connectivity index (χ2v) is 5.50. The lowest BCUT2D eigenvalue weighted by molar-refractivity contribution is -0.115. The quantitative estimate of drug-likeness (QED) is 0.858. The van der Waals surface area contributed by atoms with Crippen LogP contribution in [0.3, 0.4) is 0 Å². The molecule has 0 aliphatic heterocycles. The third-order valence-electron chi connectivity index (χ3n) is 3.93. The van der Waals surface area contributed by atoms with Crippen LogP contribution in [-0.2, 0) is 4.79 Å². The smallest absolute Gasteiger partial charge is 0.224 e. The number of rotatable bonds is 4. The minimum atomic E-state index is 0.0585. The average Bonchev–Trinajstić information content (AvgIpc) is 2.42. The van der Waals surface area contributed by atoms with E-state index in [1.54, 1.807) is 0 Å². The molecule has 2 unspecified atom stereocenters. The summed E-state index contributed by atoms with van der Waals surface area (Å²) in [5.41, 5.74) is 1.98. The predicted molar refractivity (Wildman–Crippen MR) is 80.4 cm³/mol. The zero-order chi connectivity index (χ0) is 13.7. The first-order chi connectivity index (χ1) is 9.19. The van der Waals surface area contributed by atoms with Crippen molar-refractivity contribution in [1.82, 2.24) is 0 Å². The van der Waals surface area contributed by atoms with E-state index in [4.69, 9.17) is 0 Å². The van der Waals surface area contributed by atoms with Crippen molar-refractivity contribution in [3.63, 3.8) is 0 Å². The van der Waals surface area contributed by atoms with Crippen molar-refractivity contribution in [2.24, 2.45) is 5.92 Å². The number of benzene rings is 1. The monoisotopic (exact) mass is 260 g/mol. The number of nitrogens with one attached hydrogen (secondary N) is 2. The van der Waals surface area contributed by atoms with Gasteiger partial charge in [-0.3, -0.25) is 4.79 Å². The van der Waals surface area contributed by atoms with Crippen molar-refractivity contribution in [3.8, 4) is 0 Å². The largest absolute Gasteiger partial charge is 0.382 e. The van der Waals surface area contributed by atoms with E-state index in [1.807, 2.05) is 25.1 Å². The molecule has 1 aromatic rings. The van der Waals surface area contributed by atoms with Gasteiger partial charge in [-0.2, -0.15) is 0 Å². The topological polar surface area (TPSA) is 41.1 Å². The Hall–Kier alpha value is -1.51. The van der Waals surface area contributed by atoms with Crippen LogP contribution in [0.4, 0.5) is 11.4 Å². The summed E-state index contributed by atoms with van der Waals surface area (Å²) in [5, 5.41) is 6.51. The molecule has 1 amide bonds. The van der Waals surface area contributed by atoms with Gasteiger partial charge in [-0.05, 0) is 37.0 Å². The summed E-state index contributed by atoms with van der Waals surface area (Å²) in [6.45, 7) is 4.18. The second-order valence-electron chi connectivity index (χ2n) is 5.50. The lowest BCUT2D eigenvalue weighted by Crippen LogP contribution is -2.30. The van der Waals surface area contributed by atoms with Gasteiger partial charge in [0.1, 0.15) is 0 Å². The van der Waals surface area contributed by atoms with Gasteiger partial charge in [-0.15, -0.1) is 0 Å². The molecule has 104 valence electrons. The molecule has 0 saturated heterocycles. The van der Waals surface area contributed by atoms with Crippen LogP contribution >= 0.6 is 0 Å². The fraction of sp³-hybridized carbons (Fsp3) is 0.562. The van der Waals surface area contributed by atoms with Crippen LogP contribution in [0.15, 0.2) is 24.3 Å². The summed E-state index contributed by atoms with van der Waals surface area (Å²) in [6, 6.07) is 8.58. The average molecular weight is 260 g/mol. The summed E-state index contributed by atoms with van der Waals surface area (Å²) in [7, 11) is 0. The fourth-order valence-electron chi connectivity index (χ4n) is 2.68. The van der Waals surface area contributed by atoms with Gasteiger partial charge in [0.05, 0.1) is 0 Å². The zero-order valence-corrected chi connectivity index (χ0v) is 11.9. The van der Waals surface area contributed by atoms with Crippen molar-refractivity contribution in [1.29, 1.82) is 0 Å². The molecular formula is C16H24N2O. The van der Waals surface area contributed by atoms with Crippen LogP contribution < -0.4 is 10.6 Å². The summed E-state index contributed by atoms with van der Waals surface area (Å²) in [5.74, 6) is 0.783. The van der Waals surface area contributed by atoms with Crippen molar-refractivity contribution in [3.05, 3.63) is 24.3 Å². The van der Waals surface area contributed by atoms with E-state index in [0.717, 1.165) is 17.3 Å². The minimum Gasteiger partial charge on any atom is -0.382 e. The van der Waals surface area contributed by atoms with Crippen molar-refractivity contribution in [2.45, 2.75) is 52.0 Å². The highest BCUT2D eigenvalue weighted by Crippen LogP contribution is 2.27. The van der Waals surface area contributed by atoms with Crippen molar-refractivity contribution < 1.29 is 4.79 Å². The molecule has 2 rings (SSSR count). The van der Waals surface area contributed by atoms with E-state index in [-0.39, 0.29) is 5.91 Å². The molecule has 0 bridgehead atoms. The van der Waals surface area contributed by atoms with Gasteiger partial charge in [0.15, 0.2) is 0 Å². The maximum atomic E-state index is 11.4. The molecule has 0 heterocycles. The van der Waals surface area contributed by atoms with Crippen LogP contribution in [0.5, 0.6) is 0 Å². The van der Waals surface area contributed by atoms with Gasteiger partial charge in [0, 0.05) is 23.8 Å². The molecule has 19 heavy (non-hydrogen) atoms. The first-order valence-electron chi connectivity index (χ1n) is 7.35. The molecule has 1 saturated carbocycles. The van der Waals surface area contributed by atoms with Crippen LogP contribution in [0.25, 0.3) is 0 Å². The molecule has 1 aliphatic rings. The van der Waals surface area contributed by atoms with Crippen LogP contribution in [-0.4, -0.2) is 11.9 Å². The van der Waals surface area contributed by atoms with Gasteiger partial charge in [-0.25, -0.2) is 0 Å². The number of carbonyl (C=O) groups excluding carboxylic acids is 1. The second kappa shape index (κ2) is 6.60. The van der Waals surface area contributed by atoms with Gasteiger partial charge < -0.3 is 10.6 Å². The molecule has 0 radical (unpaired) electrons. The van der Waals surface area contributed by atoms with Gasteiger partial charge >= 0.3 is 0 Å². The predicted octanol–water partition coefficient (Wildman–Crippen LogP) is 4.03. The number of amides is 1. The van der Waals surface area contributed by atoms with E-state index in [0.29, 0.717) is 12.5 Å². The Kier molecular flexibility index (Phi) is 4.83. The van der Waals surface area contributed by atoms with Gasteiger partial charge in [0.25, 0.3) is 0 Å². The maximum absolute atomic E-state index is 11.4. The molecular weight excluding hydrogens is 236 g/mol. The number of hydrogen-bond acceptors (Lipinski definition) is 2. The molecule has 1 aromatic carbocycles. The maximum Gasteiger partial charge on any atom is 0.224 e. The lowest BCUT2D eigenvalue weighted by Gasteiger charge is -2.30. The van der Waals surface area contributed by atoms with E-state index in [2.05, 4.69) is 23.6 Å². The Bertz CT molecular complexity index is 431. The third kappa shape index (κ3) is 3.98. The summed E-state index contributed by atoms with van der Waals surface area (Å²) >= 11 is 0. The van der Waals surface area contributed by atoms with Gasteiger partial charge in [0.2, 0.25) is 5.91 Å². The highest BCUT2D eigenvalue weighted by Gasteiger charge is 2.20. The number of carbonyl (C=O) groups is 1. The standard InChI is InChI=1S/C16H24N2O/c1-3-16(19)18-14-9-6-8-13(11-14)17-15-10-5-4-7-12(15)2/h6,8-9,11-12,15,17H,3-5,7,10H2,1-2H3,(H,18,19). The Balaban J connectivity index is 2.00. The van der Waals surface area contributed by atoms with Crippen LogP contribution in [0.2, 0.25) is 0 Å². The fourth-order valence-corrected chi connectivity index (χ4v) is 2.68. The lowest BCUT2D eigenvalue weighted by atomic mass is 9.86. The van der Waals surface area contributed by atoms with E-state index in [9.17, 15) is 4.79 Å². The summed E-state index contributed by atoms with van der Waals surface area (Å²) < 4.78 is 0. The SMILES string of the molecule is CCC(=O)Nc1cccc(NC2CCCCC2C)c1. The first kappa shape index (κ1) is 13.9. The Labute approximate surface area is 115 Å². The molecule has 1 fully saturated rings. The zero-order valence-electron chi connectivity index (χ0n) is 11.9. The molecule has 1 aliphatic carbocycles. The van der Waals surface area contributed by atoms with E-state index < -0.39 is 0 Å². The molecule has 0 aromatic heterocycles. The van der Waals surface area contributed by atoms with E-state index in [1.165, 1.54) is 25.7 Å². The number of hydrogen-bond donors (Lipinski definition) is 2. The number of anilines is 2. The molecule has 2 atom stereocenters. The molecule has 3 heteroatoms. The summed E-state index contributed by atoms with van der Waals surface area (Å²) in [6.07, 6.45) is 5.73. The molecule has 3 nitrogen and oxygen atoms in total. The molecule has 2 N–H and O–H groups in total. The Morgan fingerprint density at radius 1 is 1.26 bits per heavy atom. The van der Waals surface area contributed by atoms with Crippen LogP contribution in [0, 0.1) is 5.92 Å². The summed E-state index contributed by atoms with van der Waals surface area (Å²) in [4.78, 5) is 11.4. The molecule has 0 spiro atoms. The Morgan fingerprint density at radius 3 is 2.74 bits per heavy atom. The van der Waals surface area contributed by atoms with Crippen molar-refractivity contribution >= 4 is 17.3 Å². The minimum absolute atomic E-state index is 0.0585. The highest BCUT2D eigenvalue weighted by molar-refractivity contribution is 5.90. The highest BCUT2D eigenvalue weighted by atomic mass is 16.1. The third-order valence-corrected chi connectivity index (χ3v) is 3.93. The van der Waals surface area contributed by atoms with Crippen LogP contribution in [0.1, 0.15) is 46.0 Å². The van der Waals surface area contributed by atoms with Gasteiger partial charge in [-0.1, -0.05) is 32.8 Å². The van der Waals surface area contributed by atoms with E-state index >= 15 is 0 Å². The van der Waals surface area contributed by atoms with Crippen molar-refractivity contribution in [2.75, 3.05) is 10.6 Å². The normalized spacial score (nSPS) is 22.8.